The summed E-state index contributed by atoms with van der Waals surface area (Å²) in [5, 5.41) is 0. The Morgan fingerprint density at radius 1 is 0.826 bits per heavy atom. The highest BCUT2D eigenvalue weighted by Gasteiger charge is 2.46. The maximum Gasteiger partial charge on any atom is 0.172 e. The van der Waals surface area contributed by atoms with Crippen molar-refractivity contribution in [1.29, 1.82) is 0 Å². The minimum absolute atomic E-state index is 0.221. The molecule has 0 spiro atoms. The molecule has 0 saturated carbocycles. The van der Waals surface area contributed by atoms with Gasteiger partial charge in [0.25, 0.3) is 0 Å². The Bertz CT molecular complexity index is 807. The zero-order valence-corrected chi connectivity index (χ0v) is 13.9. The summed E-state index contributed by atoms with van der Waals surface area (Å²) in [6.07, 6.45) is 5.37. The molecule has 1 aliphatic rings. The van der Waals surface area contributed by atoms with Gasteiger partial charge in [0.15, 0.2) is 6.10 Å². The standard InChI is InChI=1S/C20H15BrO2/c21-17-10-8-16(9-11-17)20(15-5-2-1-3-6-15)12-14-23-19(20)18-7-4-13-22-18/h1-14,19H. The van der Waals surface area contributed by atoms with Gasteiger partial charge < -0.3 is 9.15 Å². The van der Waals surface area contributed by atoms with E-state index >= 15 is 0 Å². The summed E-state index contributed by atoms with van der Waals surface area (Å²) in [6.45, 7) is 0. The topological polar surface area (TPSA) is 22.4 Å². The average Bonchev–Trinajstić information content (AvgIpc) is 3.26. The predicted molar refractivity (Wildman–Crippen MR) is 93.0 cm³/mol. The van der Waals surface area contributed by atoms with E-state index in [0.29, 0.717) is 0 Å². The van der Waals surface area contributed by atoms with Gasteiger partial charge in [0, 0.05) is 4.47 Å². The molecule has 2 atom stereocenters. The smallest absolute Gasteiger partial charge is 0.172 e. The largest absolute Gasteiger partial charge is 0.489 e. The van der Waals surface area contributed by atoms with Crippen LogP contribution in [0.3, 0.4) is 0 Å². The molecule has 2 nitrogen and oxygen atoms in total. The van der Waals surface area contributed by atoms with E-state index in [1.54, 1.807) is 12.5 Å². The van der Waals surface area contributed by atoms with Gasteiger partial charge in [-0.2, -0.15) is 0 Å². The van der Waals surface area contributed by atoms with Gasteiger partial charge in [-0.05, 0) is 41.5 Å². The van der Waals surface area contributed by atoms with Gasteiger partial charge in [0.1, 0.15) is 5.76 Å². The first-order valence-electron chi connectivity index (χ1n) is 7.49. The highest BCUT2D eigenvalue weighted by atomic mass is 79.9. The summed E-state index contributed by atoms with van der Waals surface area (Å²) in [5.41, 5.74) is 1.94. The van der Waals surface area contributed by atoms with Crippen molar-refractivity contribution in [3.63, 3.8) is 0 Å². The molecule has 4 rings (SSSR count). The van der Waals surface area contributed by atoms with E-state index in [1.807, 2.05) is 18.2 Å². The molecule has 114 valence electrons. The van der Waals surface area contributed by atoms with E-state index in [-0.39, 0.29) is 6.10 Å². The lowest BCUT2D eigenvalue weighted by Gasteiger charge is -2.33. The normalized spacial score (nSPS) is 22.9. The Morgan fingerprint density at radius 2 is 1.57 bits per heavy atom. The molecule has 2 aromatic carbocycles. The van der Waals surface area contributed by atoms with Crippen LogP contribution in [0.5, 0.6) is 0 Å². The molecule has 23 heavy (non-hydrogen) atoms. The molecule has 2 unspecified atom stereocenters. The van der Waals surface area contributed by atoms with Crippen LogP contribution in [0.25, 0.3) is 0 Å². The molecule has 2 heterocycles. The second kappa shape index (κ2) is 5.74. The van der Waals surface area contributed by atoms with Crippen LogP contribution in [0, 0.1) is 0 Å². The van der Waals surface area contributed by atoms with Crippen LogP contribution in [0.4, 0.5) is 0 Å². The van der Waals surface area contributed by atoms with E-state index in [9.17, 15) is 0 Å². The van der Waals surface area contributed by atoms with Gasteiger partial charge in [-0.25, -0.2) is 0 Å². The van der Waals surface area contributed by atoms with Crippen LogP contribution in [-0.2, 0) is 10.2 Å². The number of benzene rings is 2. The molecule has 3 heteroatoms. The number of rotatable bonds is 3. The molecule has 0 N–H and O–H groups in total. The third kappa shape index (κ3) is 2.32. The molecular weight excluding hydrogens is 352 g/mol. The van der Waals surface area contributed by atoms with Crippen molar-refractivity contribution >= 4 is 15.9 Å². The van der Waals surface area contributed by atoms with Gasteiger partial charge in [-0.1, -0.05) is 58.4 Å². The van der Waals surface area contributed by atoms with Crippen LogP contribution in [0.15, 0.2) is 94.2 Å². The van der Waals surface area contributed by atoms with E-state index in [1.165, 1.54) is 11.1 Å². The molecular formula is C20H15BrO2. The van der Waals surface area contributed by atoms with Crippen LogP contribution >= 0.6 is 15.9 Å². The summed E-state index contributed by atoms with van der Waals surface area (Å²) >= 11 is 3.51. The number of furan rings is 1. The molecule has 3 aromatic rings. The zero-order chi connectivity index (χ0) is 15.7. The zero-order valence-electron chi connectivity index (χ0n) is 12.4. The second-order valence-electron chi connectivity index (χ2n) is 5.58. The van der Waals surface area contributed by atoms with Crippen molar-refractivity contribution in [3.8, 4) is 0 Å². The monoisotopic (exact) mass is 366 g/mol. The fraction of sp³-hybridized carbons (Fsp3) is 0.100. The van der Waals surface area contributed by atoms with Crippen molar-refractivity contribution in [2.24, 2.45) is 0 Å². The number of halogens is 1. The Hall–Kier alpha value is -2.26. The van der Waals surface area contributed by atoms with Crippen molar-refractivity contribution in [1.82, 2.24) is 0 Å². The molecule has 0 saturated heterocycles. The highest BCUT2D eigenvalue weighted by Crippen LogP contribution is 2.50. The van der Waals surface area contributed by atoms with Gasteiger partial charge >= 0.3 is 0 Å². The molecule has 0 fully saturated rings. The predicted octanol–water partition coefficient (Wildman–Crippen LogP) is 5.61. The summed E-state index contributed by atoms with van der Waals surface area (Å²) in [4.78, 5) is 0. The lowest BCUT2D eigenvalue weighted by atomic mass is 9.70. The Balaban J connectivity index is 1.94. The number of hydrogen-bond donors (Lipinski definition) is 0. The van der Waals surface area contributed by atoms with Gasteiger partial charge in [-0.3, -0.25) is 0 Å². The molecule has 1 aliphatic heterocycles. The summed E-state index contributed by atoms with van der Waals surface area (Å²) < 4.78 is 12.7. The van der Waals surface area contributed by atoms with E-state index in [2.05, 4.69) is 70.5 Å². The molecule has 1 aromatic heterocycles. The second-order valence-corrected chi connectivity index (χ2v) is 6.49. The van der Waals surface area contributed by atoms with Gasteiger partial charge in [0.05, 0.1) is 17.9 Å². The van der Waals surface area contributed by atoms with Crippen molar-refractivity contribution in [2.75, 3.05) is 0 Å². The average molecular weight is 367 g/mol. The summed E-state index contributed by atoms with van der Waals surface area (Å²) in [5.74, 6) is 0.821. The van der Waals surface area contributed by atoms with Crippen molar-refractivity contribution in [3.05, 3.63) is 107 Å². The lowest BCUT2D eigenvalue weighted by Crippen LogP contribution is -2.30. The number of hydrogen-bond acceptors (Lipinski definition) is 2. The first kappa shape index (κ1) is 14.3. The first-order chi connectivity index (χ1) is 11.3. The lowest BCUT2D eigenvalue weighted by molar-refractivity contribution is 0.108. The third-order valence-electron chi connectivity index (χ3n) is 4.33. The van der Waals surface area contributed by atoms with E-state index in [0.717, 1.165) is 10.2 Å². The van der Waals surface area contributed by atoms with Crippen molar-refractivity contribution < 1.29 is 9.15 Å². The minimum atomic E-state index is -0.403. The van der Waals surface area contributed by atoms with Crippen molar-refractivity contribution in [2.45, 2.75) is 11.5 Å². The van der Waals surface area contributed by atoms with E-state index < -0.39 is 5.41 Å². The van der Waals surface area contributed by atoms with Gasteiger partial charge in [-0.15, -0.1) is 0 Å². The quantitative estimate of drug-likeness (QED) is 0.600. The summed E-state index contributed by atoms with van der Waals surface area (Å²) in [7, 11) is 0. The molecule has 0 amide bonds. The maximum atomic E-state index is 5.97. The fourth-order valence-corrected chi connectivity index (χ4v) is 3.52. The first-order valence-corrected chi connectivity index (χ1v) is 8.28. The van der Waals surface area contributed by atoms with Gasteiger partial charge in [0.2, 0.25) is 0 Å². The molecule has 0 radical (unpaired) electrons. The Labute approximate surface area is 143 Å². The number of ether oxygens (including phenoxy) is 1. The Kier molecular flexibility index (Phi) is 3.58. The van der Waals surface area contributed by atoms with Crippen LogP contribution < -0.4 is 0 Å². The maximum absolute atomic E-state index is 5.97. The summed E-state index contributed by atoms with van der Waals surface area (Å²) in [6, 6.07) is 22.7. The minimum Gasteiger partial charge on any atom is -0.489 e. The SMILES string of the molecule is Brc1ccc(C2(c3ccccc3)C=COC2c2ccco2)cc1. The Morgan fingerprint density at radius 3 is 2.26 bits per heavy atom. The van der Waals surface area contributed by atoms with Crippen LogP contribution in [0.2, 0.25) is 0 Å². The van der Waals surface area contributed by atoms with Crippen LogP contribution in [-0.4, -0.2) is 0 Å². The third-order valence-corrected chi connectivity index (χ3v) is 4.86. The highest BCUT2D eigenvalue weighted by molar-refractivity contribution is 9.10. The fourth-order valence-electron chi connectivity index (χ4n) is 3.25. The molecule has 0 aliphatic carbocycles. The van der Waals surface area contributed by atoms with E-state index in [4.69, 9.17) is 9.15 Å². The molecule has 0 bridgehead atoms. The van der Waals surface area contributed by atoms with Crippen LogP contribution in [0.1, 0.15) is 23.0 Å².